The minimum Gasteiger partial charge on any atom is -0.463 e. The Kier molecular flexibility index (Phi) is 7.99. The van der Waals surface area contributed by atoms with Gasteiger partial charge in [-0.2, -0.15) is 0 Å². The summed E-state index contributed by atoms with van der Waals surface area (Å²) in [5.41, 5.74) is -0.185. The number of nitrogens with one attached hydrogen (secondary N) is 1. The smallest absolute Gasteiger partial charge is 0.408 e. The van der Waals surface area contributed by atoms with Crippen LogP contribution in [0.4, 0.5) is 4.79 Å². The number of hydrogen-bond acceptors (Lipinski definition) is 6. The summed E-state index contributed by atoms with van der Waals surface area (Å²) in [7, 11) is 0. The van der Waals surface area contributed by atoms with Crippen molar-refractivity contribution in [3.8, 4) is 0 Å². The van der Waals surface area contributed by atoms with Crippen LogP contribution in [0.15, 0.2) is 54.6 Å². The first-order chi connectivity index (χ1) is 16.5. The summed E-state index contributed by atoms with van der Waals surface area (Å²) in [6, 6.07) is 16.2. The second kappa shape index (κ2) is 10.8. The van der Waals surface area contributed by atoms with E-state index in [1.807, 2.05) is 54.6 Å². The van der Waals surface area contributed by atoms with Gasteiger partial charge in [0.2, 0.25) is 6.10 Å². The van der Waals surface area contributed by atoms with Crippen molar-refractivity contribution in [1.29, 1.82) is 0 Å². The largest absolute Gasteiger partial charge is 0.463 e. The molecule has 0 aromatic heterocycles. The van der Waals surface area contributed by atoms with Crippen LogP contribution in [0.5, 0.6) is 0 Å². The van der Waals surface area contributed by atoms with Crippen LogP contribution in [-0.2, 0) is 23.8 Å². The van der Waals surface area contributed by atoms with Gasteiger partial charge >= 0.3 is 18.0 Å². The average Bonchev–Trinajstić information content (AvgIpc) is 2.78. The van der Waals surface area contributed by atoms with E-state index in [0.29, 0.717) is 5.56 Å². The van der Waals surface area contributed by atoms with Crippen LogP contribution in [0, 0.1) is 5.92 Å². The lowest BCUT2D eigenvalue weighted by atomic mass is 9.93. The Morgan fingerprint density at radius 3 is 1.91 bits per heavy atom. The molecule has 3 aromatic carbocycles. The van der Waals surface area contributed by atoms with Crippen molar-refractivity contribution >= 4 is 39.6 Å². The van der Waals surface area contributed by atoms with Crippen LogP contribution in [0.25, 0.3) is 21.5 Å². The highest BCUT2D eigenvalue weighted by atomic mass is 16.6. The van der Waals surface area contributed by atoms with Crippen LogP contribution < -0.4 is 5.32 Å². The zero-order valence-corrected chi connectivity index (χ0v) is 21.1. The molecule has 0 saturated heterocycles. The third kappa shape index (κ3) is 6.29. The zero-order valence-electron chi connectivity index (χ0n) is 21.1. The molecular formula is C28H33NO6. The van der Waals surface area contributed by atoms with Crippen molar-refractivity contribution < 1.29 is 28.6 Å². The Morgan fingerprint density at radius 1 is 0.886 bits per heavy atom. The Bertz CT molecular complexity index is 1170. The molecule has 35 heavy (non-hydrogen) atoms. The lowest BCUT2D eigenvalue weighted by Gasteiger charge is -2.27. The molecule has 0 radical (unpaired) electrons. The molecule has 0 saturated carbocycles. The number of rotatable bonds is 7. The SMILES string of the molecule is CCOC(=O)[C@H](OC(=O)[C@@H](NC(=O)OC(C)(C)C)C(C)C)c1c2ccccc2cc2ccccc12. The maximum atomic E-state index is 13.4. The number of carbonyl (C=O) groups is 3. The van der Waals surface area contributed by atoms with Gasteiger partial charge in [0, 0.05) is 5.56 Å². The molecule has 1 N–H and O–H groups in total. The predicted molar refractivity (Wildman–Crippen MR) is 135 cm³/mol. The van der Waals surface area contributed by atoms with Crippen LogP contribution in [0.1, 0.15) is 53.2 Å². The van der Waals surface area contributed by atoms with E-state index in [9.17, 15) is 14.4 Å². The predicted octanol–water partition coefficient (Wildman–Crippen LogP) is 5.69. The van der Waals surface area contributed by atoms with Crippen molar-refractivity contribution in [2.75, 3.05) is 6.61 Å². The molecule has 7 heteroatoms. The summed E-state index contributed by atoms with van der Waals surface area (Å²) >= 11 is 0. The molecule has 2 atom stereocenters. The maximum Gasteiger partial charge on any atom is 0.408 e. The topological polar surface area (TPSA) is 90.9 Å². The fraction of sp³-hybridized carbons (Fsp3) is 0.393. The van der Waals surface area contributed by atoms with Gasteiger partial charge in [-0.05, 0) is 61.2 Å². The first-order valence-electron chi connectivity index (χ1n) is 11.8. The highest BCUT2D eigenvalue weighted by Crippen LogP contribution is 2.35. The number of fused-ring (bicyclic) bond motifs is 2. The maximum absolute atomic E-state index is 13.4. The first kappa shape index (κ1) is 26.0. The standard InChI is InChI=1S/C28H33NO6/c1-7-33-26(31)24(34-25(30)23(17(2)3)29-27(32)35-28(4,5)6)22-20-14-10-8-12-18(20)16-19-13-9-11-15-21(19)22/h8-17,23-24H,7H2,1-6H3,(H,29,32)/t23-,24+/m0/s1. The van der Waals surface area contributed by atoms with Crippen molar-refractivity contribution in [3.05, 3.63) is 60.2 Å². The zero-order chi connectivity index (χ0) is 25.8. The Hall–Kier alpha value is -3.61. The fourth-order valence-electron chi connectivity index (χ4n) is 3.90. The van der Waals surface area contributed by atoms with E-state index in [2.05, 4.69) is 5.32 Å². The minimum absolute atomic E-state index is 0.124. The molecule has 186 valence electrons. The van der Waals surface area contributed by atoms with Crippen LogP contribution in [-0.4, -0.2) is 36.3 Å². The summed E-state index contributed by atoms with van der Waals surface area (Å²) in [5.74, 6) is -1.75. The summed E-state index contributed by atoms with van der Waals surface area (Å²) < 4.78 is 16.5. The average molecular weight is 480 g/mol. The van der Waals surface area contributed by atoms with Gasteiger partial charge in [-0.15, -0.1) is 0 Å². The minimum atomic E-state index is -1.32. The van der Waals surface area contributed by atoms with E-state index in [0.717, 1.165) is 21.5 Å². The fourth-order valence-corrected chi connectivity index (χ4v) is 3.90. The molecule has 0 aliphatic carbocycles. The molecule has 3 aromatic rings. The van der Waals surface area contributed by atoms with E-state index in [4.69, 9.17) is 14.2 Å². The molecule has 0 aliphatic rings. The Labute approximate surface area is 205 Å². The number of alkyl carbamates (subject to hydrolysis) is 1. The Morgan fingerprint density at radius 2 is 1.43 bits per heavy atom. The van der Waals surface area contributed by atoms with Gasteiger partial charge in [-0.3, -0.25) is 0 Å². The second-order valence-electron chi connectivity index (χ2n) is 9.67. The molecule has 0 unspecified atom stereocenters. The van der Waals surface area contributed by atoms with E-state index < -0.39 is 35.8 Å². The van der Waals surface area contributed by atoms with Crippen molar-refractivity contribution in [2.45, 2.75) is 59.3 Å². The first-order valence-corrected chi connectivity index (χ1v) is 11.8. The number of esters is 2. The number of amides is 1. The molecule has 7 nitrogen and oxygen atoms in total. The molecule has 0 heterocycles. The molecule has 1 amide bonds. The van der Waals surface area contributed by atoms with Gasteiger partial charge in [0.1, 0.15) is 11.6 Å². The summed E-state index contributed by atoms with van der Waals surface area (Å²) in [5, 5.41) is 5.94. The monoisotopic (exact) mass is 479 g/mol. The molecule has 0 aliphatic heterocycles. The highest BCUT2D eigenvalue weighted by Gasteiger charge is 2.35. The van der Waals surface area contributed by atoms with Crippen LogP contribution in [0.3, 0.4) is 0 Å². The molecule has 0 bridgehead atoms. The molecule has 0 fully saturated rings. The van der Waals surface area contributed by atoms with Gasteiger partial charge in [0.25, 0.3) is 0 Å². The van der Waals surface area contributed by atoms with Crippen molar-refractivity contribution in [1.82, 2.24) is 5.32 Å². The number of hydrogen-bond donors (Lipinski definition) is 1. The van der Waals surface area contributed by atoms with Gasteiger partial charge < -0.3 is 19.5 Å². The van der Waals surface area contributed by atoms with Crippen LogP contribution >= 0.6 is 0 Å². The van der Waals surface area contributed by atoms with E-state index in [1.165, 1.54) is 0 Å². The van der Waals surface area contributed by atoms with E-state index in [1.54, 1.807) is 41.5 Å². The second-order valence-corrected chi connectivity index (χ2v) is 9.67. The van der Waals surface area contributed by atoms with Crippen LogP contribution in [0.2, 0.25) is 0 Å². The summed E-state index contributed by atoms with van der Waals surface area (Å²) in [4.78, 5) is 38.9. The summed E-state index contributed by atoms with van der Waals surface area (Å²) in [6.45, 7) is 10.6. The number of benzene rings is 3. The normalized spacial score (nSPS) is 13.3. The lowest BCUT2D eigenvalue weighted by Crippen LogP contribution is -2.47. The third-order valence-corrected chi connectivity index (χ3v) is 5.40. The number of ether oxygens (including phenoxy) is 3. The summed E-state index contributed by atoms with van der Waals surface area (Å²) in [6.07, 6.45) is -2.06. The highest BCUT2D eigenvalue weighted by molar-refractivity contribution is 6.05. The van der Waals surface area contributed by atoms with E-state index >= 15 is 0 Å². The molecular weight excluding hydrogens is 446 g/mol. The Balaban J connectivity index is 2.06. The quantitative estimate of drug-likeness (QED) is 0.266. The molecule has 3 rings (SSSR count). The lowest BCUT2D eigenvalue weighted by molar-refractivity contribution is -0.170. The number of carbonyl (C=O) groups excluding carboxylic acids is 3. The van der Waals surface area contributed by atoms with Gasteiger partial charge in [-0.1, -0.05) is 62.4 Å². The van der Waals surface area contributed by atoms with Gasteiger partial charge in [-0.25, -0.2) is 14.4 Å². The van der Waals surface area contributed by atoms with Gasteiger partial charge in [0.15, 0.2) is 0 Å². The molecule has 0 spiro atoms. The van der Waals surface area contributed by atoms with Crippen molar-refractivity contribution in [2.24, 2.45) is 5.92 Å². The van der Waals surface area contributed by atoms with E-state index in [-0.39, 0.29) is 12.5 Å². The van der Waals surface area contributed by atoms with Crippen molar-refractivity contribution in [3.63, 3.8) is 0 Å². The van der Waals surface area contributed by atoms with Gasteiger partial charge in [0.05, 0.1) is 6.61 Å². The third-order valence-electron chi connectivity index (χ3n) is 5.40.